The fraction of sp³-hybridized carbons (Fsp3) is 0.125. The van der Waals surface area contributed by atoms with Crippen molar-refractivity contribution in [1.82, 2.24) is 0 Å². The molecule has 0 saturated carbocycles. The number of ether oxygens (including phenoxy) is 1. The van der Waals surface area contributed by atoms with Crippen LogP contribution in [0.3, 0.4) is 0 Å². The molecular weight excluding hydrogens is 312 g/mol. The Balaban J connectivity index is 2.05. The maximum absolute atomic E-state index is 13.4. The Morgan fingerprint density at radius 3 is 2.00 bits per heavy atom. The van der Waals surface area contributed by atoms with Crippen molar-refractivity contribution >= 4 is 12.4 Å². The molecule has 0 aliphatic heterocycles. The van der Waals surface area contributed by atoms with Gasteiger partial charge in [0, 0.05) is 0 Å². The molecule has 2 aromatic carbocycles. The number of alkyl halides is 3. The zero-order valence-electron chi connectivity index (χ0n) is 12.0. The van der Waals surface area contributed by atoms with E-state index in [4.69, 9.17) is 4.74 Å². The van der Waals surface area contributed by atoms with E-state index in [1.54, 1.807) is 31.4 Å². The molecule has 0 aromatic heterocycles. The van der Waals surface area contributed by atoms with Crippen molar-refractivity contribution in [1.29, 1.82) is 0 Å². The zero-order chi connectivity index (χ0) is 16.9. The van der Waals surface area contributed by atoms with Crippen LogP contribution in [-0.4, -0.2) is 19.5 Å². The van der Waals surface area contributed by atoms with E-state index in [0.29, 0.717) is 11.8 Å². The monoisotopic (exact) mass is 324 g/mol. The summed E-state index contributed by atoms with van der Waals surface area (Å²) in [6.07, 6.45) is -2.09. The number of methoxy groups -OCH3 is 1. The van der Waals surface area contributed by atoms with Crippen molar-refractivity contribution in [3.05, 3.63) is 65.0 Å². The summed E-state index contributed by atoms with van der Waals surface area (Å²) in [5.74, 6) is -0.647. The molecular formula is C16H12F4N2O. The average molecular weight is 324 g/mol. The molecule has 3 nitrogen and oxygen atoms in total. The van der Waals surface area contributed by atoms with E-state index in [2.05, 4.69) is 10.2 Å². The molecule has 7 heteroatoms. The van der Waals surface area contributed by atoms with Gasteiger partial charge in [-0.25, -0.2) is 4.39 Å². The first kappa shape index (κ1) is 16.7. The van der Waals surface area contributed by atoms with E-state index in [-0.39, 0.29) is 5.56 Å². The summed E-state index contributed by atoms with van der Waals surface area (Å²) in [6.45, 7) is 0. The van der Waals surface area contributed by atoms with E-state index in [1.165, 1.54) is 12.4 Å². The molecule has 0 bridgehead atoms. The Kier molecular flexibility index (Phi) is 5.10. The van der Waals surface area contributed by atoms with Gasteiger partial charge in [0.05, 0.1) is 25.1 Å². The highest BCUT2D eigenvalue weighted by Crippen LogP contribution is 2.31. The molecule has 0 fully saturated rings. The number of benzene rings is 2. The lowest BCUT2D eigenvalue weighted by Crippen LogP contribution is -2.08. The van der Waals surface area contributed by atoms with Crippen molar-refractivity contribution in [2.75, 3.05) is 7.11 Å². The van der Waals surface area contributed by atoms with Crippen LogP contribution in [0.4, 0.5) is 17.6 Å². The molecule has 23 heavy (non-hydrogen) atoms. The Morgan fingerprint density at radius 1 is 0.913 bits per heavy atom. The highest BCUT2D eigenvalue weighted by molar-refractivity contribution is 5.82. The summed E-state index contributed by atoms with van der Waals surface area (Å²) in [7, 11) is 1.55. The molecule has 0 aliphatic carbocycles. The van der Waals surface area contributed by atoms with Crippen LogP contribution in [0.2, 0.25) is 0 Å². The molecule has 0 amide bonds. The number of nitrogens with zero attached hydrogens (tertiary/aromatic N) is 2. The number of rotatable bonds is 4. The van der Waals surface area contributed by atoms with E-state index < -0.39 is 17.6 Å². The van der Waals surface area contributed by atoms with Crippen LogP contribution in [0.1, 0.15) is 16.7 Å². The summed E-state index contributed by atoms with van der Waals surface area (Å²) in [5, 5.41) is 7.43. The maximum atomic E-state index is 13.4. The van der Waals surface area contributed by atoms with E-state index in [1.807, 2.05) is 0 Å². The molecule has 0 atom stereocenters. The SMILES string of the molecule is COc1ccc(/C=N/N=C/c2ccc(C(F)(F)F)c(F)c2)cc1. The lowest BCUT2D eigenvalue weighted by molar-refractivity contribution is -0.140. The zero-order valence-corrected chi connectivity index (χ0v) is 12.0. The Morgan fingerprint density at radius 2 is 1.48 bits per heavy atom. The van der Waals surface area contributed by atoms with Gasteiger partial charge in [-0.05, 0) is 47.5 Å². The van der Waals surface area contributed by atoms with Gasteiger partial charge in [0.1, 0.15) is 11.6 Å². The molecule has 2 aromatic rings. The molecule has 2 rings (SSSR count). The molecule has 0 saturated heterocycles. The second-order valence-electron chi connectivity index (χ2n) is 4.50. The van der Waals surface area contributed by atoms with Crippen LogP contribution >= 0.6 is 0 Å². The Labute approximate surface area is 129 Å². The topological polar surface area (TPSA) is 34.0 Å². The summed E-state index contributed by atoms with van der Waals surface area (Å²) in [6, 6.07) is 9.56. The molecule has 0 N–H and O–H groups in total. The molecule has 0 heterocycles. The molecule has 0 unspecified atom stereocenters. The van der Waals surface area contributed by atoms with Crippen LogP contribution in [0.25, 0.3) is 0 Å². The summed E-state index contributed by atoms with van der Waals surface area (Å²) in [5.41, 5.74) is -0.361. The molecule has 0 spiro atoms. The summed E-state index contributed by atoms with van der Waals surface area (Å²) >= 11 is 0. The normalized spacial score (nSPS) is 12.2. The first-order valence-corrected chi connectivity index (χ1v) is 6.47. The highest BCUT2D eigenvalue weighted by Gasteiger charge is 2.33. The van der Waals surface area contributed by atoms with Crippen molar-refractivity contribution in [3.8, 4) is 5.75 Å². The minimum absolute atomic E-state index is 0.183. The first-order chi connectivity index (χ1) is 10.9. The quantitative estimate of drug-likeness (QED) is 0.469. The third-order valence-electron chi connectivity index (χ3n) is 2.89. The van der Waals surface area contributed by atoms with Crippen LogP contribution in [-0.2, 0) is 6.18 Å². The van der Waals surface area contributed by atoms with Gasteiger partial charge in [-0.3, -0.25) is 0 Å². The van der Waals surface area contributed by atoms with E-state index in [0.717, 1.165) is 17.7 Å². The summed E-state index contributed by atoms with van der Waals surface area (Å²) < 4.78 is 55.6. The summed E-state index contributed by atoms with van der Waals surface area (Å²) in [4.78, 5) is 0. The largest absolute Gasteiger partial charge is 0.497 e. The van der Waals surface area contributed by atoms with E-state index >= 15 is 0 Å². The van der Waals surface area contributed by atoms with Gasteiger partial charge < -0.3 is 4.74 Å². The van der Waals surface area contributed by atoms with E-state index in [9.17, 15) is 17.6 Å². The van der Waals surface area contributed by atoms with Gasteiger partial charge in [0.25, 0.3) is 0 Å². The smallest absolute Gasteiger partial charge is 0.419 e. The minimum atomic E-state index is -4.72. The molecule has 120 valence electrons. The first-order valence-electron chi connectivity index (χ1n) is 6.47. The maximum Gasteiger partial charge on any atom is 0.419 e. The third-order valence-corrected chi connectivity index (χ3v) is 2.89. The van der Waals surface area contributed by atoms with Gasteiger partial charge in [0.2, 0.25) is 0 Å². The second kappa shape index (κ2) is 7.04. The lowest BCUT2D eigenvalue weighted by Gasteiger charge is -2.07. The third kappa shape index (κ3) is 4.64. The lowest BCUT2D eigenvalue weighted by atomic mass is 10.1. The van der Waals surface area contributed by atoms with Crippen LogP contribution in [0.15, 0.2) is 52.7 Å². The van der Waals surface area contributed by atoms with Crippen LogP contribution in [0, 0.1) is 5.82 Å². The number of hydrogen-bond acceptors (Lipinski definition) is 3. The molecule has 0 aliphatic rings. The van der Waals surface area contributed by atoms with Crippen LogP contribution < -0.4 is 4.74 Å². The Bertz CT molecular complexity index is 722. The van der Waals surface area contributed by atoms with Crippen molar-refractivity contribution in [2.24, 2.45) is 10.2 Å². The van der Waals surface area contributed by atoms with Crippen LogP contribution in [0.5, 0.6) is 5.75 Å². The number of hydrogen-bond donors (Lipinski definition) is 0. The van der Waals surface area contributed by atoms with Gasteiger partial charge in [-0.1, -0.05) is 6.07 Å². The predicted octanol–water partition coefficient (Wildman–Crippen LogP) is 4.31. The van der Waals surface area contributed by atoms with Gasteiger partial charge >= 0.3 is 6.18 Å². The Hall–Kier alpha value is -2.70. The van der Waals surface area contributed by atoms with Crippen molar-refractivity contribution in [2.45, 2.75) is 6.18 Å². The fourth-order valence-electron chi connectivity index (χ4n) is 1.73. The van der Waals surface area contributed by atoms with Gasteiger partial charge in [-0.15, -0.1) is 0 Å². The number of halogens is 4. The minimum Gasteiger partial charge on any atom is -0.497 e. The van der Waals surface area contributed by atoms with Gasteiger partial charge in [-0.2, -0.15) is 23.4 Å². The fourth-order valence-corrected chi connectivity index (χ4v) is 1.73. The van der Waals surface area contributed by atoms with Crippen molar-refractivity contribution < 1.29 is 22.3 Å². The predicted molar refractivity (Wildman–Crippen MR) is 79.6 cm³/mol. The standard InChI is InChI=1S/C16H12F4N2O/c1-23-13-5-2-11(3-6-13)9-21-22-10-12-4-7-14(15(17)8-12)16(18,19)20/h2-10H,1H3/b21-9+,22-10+. The second-order valence-corrected chi connectivity index (χ2v) is 4.50. The highest BCUT2D eigenvalue weighted by atomic mass is 19.4. The average Bonchev–Trinajstić information content (AvgIpc) is 2.51. The molecule has 0 radical (unpaired) electrons. The van der Waals surface area contributed by atoms with Gasteiger partial charge in [0.15, 0.2) is 0 Å². The van der Waals surface area contributed by atoms with Crippen molar-refractivity contribution in [3.63, 3.8) is 0 Å².